The Labute approximate surface area is 66.7 Å². The molecular weight excluding hydrogens is 140 g/mol. The zero-order valence-corrected chi connectivity index (χ0v) is 7.18. The lowest BCUT2D eigenvalue weighted by atomic mass is 10.4. The molecule has 0 radical (unpaired) electrons. The number of nitrogens with one attached hydrogen (secondary N) is 1. The second kappa shape index (κ2) is 4.60. The fraction of sp³-hybridized carbons (Fsp3) is 0.571. The van der Waals surface area contributed by atoms with Crippen molar-refractivity contribution in [3.63, 3.8) is 0 Å². The number of hydrogen-bond donors (Lipinski definition) is 2. The first kappa shape index (κ1) is 9.81. The van der Waals surface area contributed by atoms with Gasteiger partial charge in [-0.25, -0.2) is 4.99 Å². The Morgan fingerprint density at radius 3 is 2.27 bits per heavy atom. The van der Waals surface area contributed by atoms with Gasteiger partial charge in [-0.15, -0.1) is 0 Å². The minimum Gasteiger partial charge on any atom is -0.368 e. The normalized spacial score (nSPS) is 11.0. The van der Waals surface area contributed by atoms with Crippen LogP contribution in [0, 0.1) is 5.41 Å². The number of hydrogen-bond acceptors (Lipinski definition) is 2. The summed E-state index contributed by atoms with van der Waals surface area (Å²) >= 11 is 0. The maximum Gasteiger partial charge on any atom is 0.212 e. The van der Waals surface area contributed by atoms with Gasteiger partial charge in [0.2, 0.25) is 5.96 Å². The van der Waals surface area contributed by atoms with Gasteiger partial charge in [-0.3, -0.25) is 10.4 Å². The van der Waals surface area contributed by atoms with Crippen molar-refractivity contribution >= 4 is 17.4 Å². The fourth-order valence-electron chi connectivity index (χ4n) is 0.514. The van der Waals surface area contributed by atoms with E-state index in [4.69, 9.17) is 11.1 Å². The van der Waals surface area contributed by atoms with Crippen molar-refractivity contribution in [1.82, 2.24) is 0 Å². The van der Waals surface area contributed by atoms with E-state index in [2.05, 4.69) is 9.98 Å². The van der Waals surface area contributed by atoms with E-state index in [9.17, 15) is 0 Å². The summed E-state index contributed by atoms with van der Waals surface area (Å²) in [6.45, 7) is 6.16. The highest BCUT2D eigenvalue weighted by Gasteiger charge is 1.89. The molecule has 4 nitrogen and oxygen atoms in total. The minimum absolute atomic E-state index is 0.161. The number of aliphatic imine (C=N–C) groups is 2. The van der Waals surface area contributed by atoms with Crippen molar-refractivity contribution in [2.75, 3.05) is 6.54 Å². The molecule has 0 aliphatic rings. The van der Waals surface area contributed by atoms with Gasteiger partial charge in [-0.2, -0.15) is 0 Å². The van der Waals surface area contributed by atoms with E-state index >= 15 is 0 Å². The van der Waals surface area contributed by atoms with Crippen LogP contribution in [0.2, 0.25) is 0 Å². The number of rotatable bonds is 2. The van der Waals surface area contributed by atoms with Crippen LogP contribution in [-0.4, -0.2) is 23.9 Å². The molecule has 3 N–H and O–H groups in total. The van der Waals surface area contributed by atoms with E-state index < -0.39 is 0 Å². The molecule has 0 aliphatic heterocycles. The molecule has 0 aromatic heterocycles. The quantitative estimate of drug-likeness (QED) is 0.448. The summed E-state index contributed by atoms with van der Waals surface area (Å²) < 4.78 is 0. The van der Waals surface area contributed by atoms with Crippen LogP contribution in [0.1, 0.15) is 20.8 Å². The second-order valence-electron chi connectivity index (χ2n) is 2.50. The molecule has 11 heavy (non-hydrogen) atoms. The minimum atomic E-state index is -0.161. The van der Waals surface area contributed by atoms with Gasteiger partial charge in [0, 0.05) is 11.4 Å². The molecule has 0 unspecified atom stereocenters. The molecule has 0 aliphatic carbocycles. The molecule has 0 aromatic rings. The molecule has 62 valence electrons. The molecule has 4 heteroatoms. The first-order valence-corrected chi connectivity index (χ1v) is 3.38. The van der Waals surface area contributed by atoms with Crippen molar-refractivity contribution < 1.29 is 0 Å². The van der Waals surface area contributed by atoms with Crippen LogP contribution in [-0.2, 0) is 0 Å². The van der Waals surface area contributed by atoms with Gasteiger partial charge in [0.15, 0.2) is 0 Å². The standard InChI is InChI=1S/C7H14N4/c1-5(2)10-4-6(3)11-7(8)9/h4H2,1-3H3,(H3,8,9). The molecule has 0 fully saturated rings. The summed E-state index contributed by atoms with van der Waals surface area (Å²) in [4.78, 5) is 7.83. The van der Waals surface area contributed by atoms with Gasteiger partial charge < -0.3 is 5.73 Å². The summed E-state index contributed by atoms with van der Waals surface area (Å²) in [7, 11) is 0. The second-order valence-corrected chi connectivity index (χ2v) is 2.50. The van der Waals surface area contributed by atoms with E-state index in [1.165, 1.54) is 0 Å². The molecule has 0 saturated heterocycles. The molecule has 0 aromatic carbocycles. The highest BCUT2D eigenvalue weighted by molar-refractivity contribution is 5.96. The van der Waals surface area contributed by atoms with Crippen molar-refractivity contribution in [3.05, 3.63) is 0 Å². The molecule has 0 amide bonds. The van der Waals surface area contributed by atoms with Crippen LogP contribution < -0.4 is 5.73 Å². The summed E-state index contributed by atoms with van der Waals surface area (Å²) in [5.74, 6) is -0.161. The van der Waals surface area contributed by atoms with Crippen LogP contribution in [0.25, 0.3) is 0 Å². The molecule has 0 heterocycles. The van der Waals surface area contributed by atoms with E-state index in [0.29, 0.717) is 6.54 Å². The topological polar surface area (TPSA) is 74.6 Å². The lowest BCUT2D eigenvalue weighted by Gasteiger charge is -1.94. The third kappa shape index (κ3) is 6.70. The number of nitrogens with two attached hydrogens (primary N) is 1. The Morgan fingerprint density at radius 1 is 1.36 bits per heavy atom. The Kier molecular flexibility index (Phi) is 4.10. The zero-order chi connectivity index (χ0) is 8.85. The molecular formula is C7H14N4. The largest absolute Gasteiger partial charge is 0.368 e. The van der Waals surface area contributed by atoms with Gasteiger partial charge in [0.25, 0.3) is 0 Å². The third-order valence-electron chi connectivity index (χ3n) is 0.935. The summed E-state index contributed by atoms with van der Waals surface area (Å²) in [5, 5.41) is 6.85. The average molecular weight is 154 g/mol. The SMILES string of the molecule is CC(C)=NCC(C)=NC(=N)N. The van der Waals surface area contributed by atoms with Gasteiger partial charge in [-0.05, 0) is 20.8 Å². The average Bonchev–Trinajstić information content (AvgIpc) is 1.82. The van der Waals surface area contributed by atoms with Gasteiger partial charge >= 0.3 is 0 Å². The maximum absolute atomic E-state index is 6.85. The van der Waals surface area contributed by atoms with Crippen molar-refractivity contribution in [2.24, 2.45) is 15.7 Å². The fourth-order valence-corrected chi connectivity index (χ4v) is 0.514. The predicted octanol–water partition coefficient (Wildman–Crippen LogP) is 0.822. The van der Waals surface area contributed by atoms with E-state index in [-0.39, 0.29) is 5.96 Å². The molecule has 0 rings (SSSR count). The van der Waals surface area contributed by atoms with Gasteiger partial charge in [0.1, 0.15) is 0 Å². The van der Waals surface area contributed by atoms with Gasteiger partial charge in [0.05, 0.1) is 6.54 Å². The molecule has 0 bridgehead atoms. The first-order chi connectivity index (χ1) is 5.02. The smallest absolute Gasteiger partial charge is 0.212 e. The number of nitrogens with zero attached hydrogens (tertiary/aromatic N) is 2. The van der Waals surface area contributed by atoms with Crippen molar-refractivity contribution in [1.29, 1.82) is 5.41 Å². The monoisotopic (exact) mass is 154 g/mol. The van der Waals surface area contributed by atoms with Crippen LogP contribution in [0.3, 0.4) is 0 Å². The van der Waals surface area contributed by atoms with Crippen LogP contribution in [0.4, 0.5) is 0 Å². The summed E-state index contributed by atoms with van der Waals surface area (Å²) in [6.07, 6.45) is 0. The van der Waals surface area contributed by atoms with Crippen LogP contribution in [0.5, 0.6) is 0 Å². The predicted molar refractivity (Wildman–Crippen MR) is 48.7 cm³/mol. The van der Waals surface area contributed by atoms with Crippen molar-refractivity contribution in [2.45, 2.75) is 20.8 Å². The Bertz CT molecular complexity index is 198. The van der Waals surface area contributed by atoms with E-state index in [1.807, 2.05) is 13.8 Å². The van der Waals surface area contributed by atoms with Crippen LogP contribution in [0.15, 0.2) is 9.98 Å². The molecule has 0 spiro atoms. The summed E-state index contributed by atoms with van der Waals surface area (Å²) in [6, 6.07) is 0. The highest BCUT2D eigenvalue weighted by atomic mass is 15.0. The van der Waals surface area contributed by atoms with Crippen LogP contribution >= 0.6 is 0 Å². The molecule has 0 atom stereocenters. The van der Waals surface area contributed by atoms with Gasteiger partial charge in [-0.1, -0.05) is 0 Å². The van der Waals surface area contributed by atoms with E-state index in [1.54, 1.807) is 6.92 Å². The molecule has 0 saturated carbocycles. The number of guanidine groups is 1. The zero-order valence-electron chi connectivity index (χ0n) is 7.18. The highest BCUT2D eigenvalue weighted by Crippen LogP contribution is 1.81. The Morgan fingerprint density at radius 2 is 1.91 bits per heavy atom. The Balaban J connectivity index is 3.97. The van der Waals surface area contributed by atoms with Crippen molar-refractivity contribution in [3.8, 4) is 0 Å². The lowest BCUT2D eigenvalue weighted by Crippen LogP contribution is -2.10. The maximum atomic E-state index is 6.85. The lowest BCUT2D eigenvalue weighted by molar-refractivity contribution is 1.25. The Hall–Kier alpha value is -1.19. The van der Waals surface area contributed by atoms with E-state index in [0.717, 1.165) is 11.4 Å². The summed E-state index contributed by atoms with van der Waals surface area (Å²) in [5.41, 5.74) is 6.81. The third-order valence-corrected chi connectivity index (χ3v) is 0.935. The first-order valence-electron chi connectivity index (χ1n) is 3.38.